The molecule has 0 aliphatic carbocycles. The van der Waals surface area contributed by atoms with Gasteiger partial charge in [-0.1, -0.05) is 6.07 Å². The first-order valence-electron chi connectivity index (χ1n) is 8.52. The number of pyridine rings is 1. The van der Waals surface area contributed by atoms with Crippen LogP contribution in [0.15, 0.2) is 67.0 Å². The molecule has 0 spiro atoms. The Hall–Kier alpha value is -3.25. The maximum Gasteiger partial charge on any atom is 0.290 e. The van der Waals surface area contributed by atoms with Crippen LogP contribution in [-0.4, -0.2) is 16.0 Å². The van der Waals surface area contributed by atoms with E-state index >= 15 is 0 Å². The molecule has 5 nitrogen and oxygen atoms in total. The predicted molar refractivity (Wildman–Crippen MR) is 107 cm³/mol. The number of rotatable bonds is 4. The number of aromatic hydroxyl groups is 1. The van der Waals surface area contributed by atoms with Crippen LogP contribution in [0.4, 0.5) is 5.69 Å². The van der Waals surface area contributed by atoms with Gasteiger partial charge in [0.15, 0.2) is 11.9 Å². The summed E-state index contributed by atoms with van der Waals surface area (Å²) in [5, 5.41) is 13.3. The lowest BCUT2D eigenvalue weighted by Crippen LogP contribution is -2.39. The third-order valence-electron chi connectivity index (χ3n) is 4.13. The van der Waals surface area contributed by atoms with E-state index in [0.717, 1.165) is 21.8 Å². The molecule has 0 radical (unpaired) electrons. The molecule has 6 heteroatoms. The first-order chi connectivity index (χ1) is 13.1. The number of hydrogen-bond acceptors (Lipinski definition) is 4. The monoisotopic (exact) mass is 376 g/mol. The molecule has 134 valence electrons. The van der Waals surface area contributed by atoms with Crippen molar-refractivity contribution in [3.05, 3.63) is 72.6 Å². The van der Waals surface area contributed by atoms with Crippen molar-refractivity contribution < 1.29 is 14.5 Å². The molecule has 0 bridgehead atoms. The van der Waals surface area contributed by atoms with Crippen LogP contribution >= 0.6 is 11.3 Å². The number of anilines is 1. The molecule has 2 heterocycles. The van der Waals surface area contributed by atoms with Gasteiger partial charge in [-0.05, 0) is 55.0 Å². The van der Waals surface area contributed by atoms with Crippen molar-refractivity contribution in [2.45, 2.75) is 13.5 Å². The smallest absolute Gasteiger partial charge is 0.290 e. The summed E-state index contributed by atoms with van der Waals surface area (Å²) in [6.07, 6.45) is 3.24. The molecule has 0 atom stereocenters. The Kier molecular flexibility index (Phi) is 4.56. The van der Waals surface area contributed by atoms with Gasteiger partial charge in [0, 0.05) is 17.3 Å². The van der Waals surface area contributed by atoms with Gasteiger partial charge in [-0.2, -0.15) is 4.57 Å². The standard InChI is InChI=1S/C21H17N3O2S/c1-14-4-9-18-19(11-14)27-21(23-18)15-5-7-16(8-6-15)22-20(26)13-24-10-2-3-17(25)12-24/h2-12H,13H2,1H3,(H-,22,23,25,26)/p+1. The van der Waals surface area contributed by atoms with Gasteiger partial charge in [0.05, 0.1) is 10.2 Å². The molecule has 0 unspecified atom stereocenters. The summed E-state index contributed by atoms with van der Waals surface area (Å²) in [5.74, 6) is -0.0329. The van der Waals surface area contributed by atoms with E-state index in [2.05, 4.69) is 29.4 Å². The summed E-state index contributed by atoms with van der Waals surface area (Å²) < 4.78 is 2.80. The maximum atomic E-state index is 12.2. The molecule has 0 aliphatic heterocycles. The summed E-state index contributed by atoms with van der Waals surface area (Å²) in [6, 6.07) is 17.2. The van der Waals surface area contributed by atoms with Crippen LogP contribution < -0.4 is 9.88 Å². The fraction of sp³-hybridized carbons (Fsp3) is 0.0952. The van der Waals surface area contributed by atoms with Crippen LogP contribution in [0, 0.1) is 6.92 Å². The Morgan fingerprint density at radius 2 is 2.00 bits per heavy atom. The van der Waals surface area contributed by atoms with Gasteiger partial charge in [-0.15, -0.1) is 11.3 Å². The topological polar surface area (TPSA) is 66.1 Å². The largest absolute Gasteiger partial charge is 0.503 e. The zero-order chi connectivity index (χ0) is 18.8. The van der Waals surface area contributed by atoms with E-state index in [1.807, 2.05) is 30.3 Å². The third-order valence-corrected chi connectivity index (χ3v) is 5.20. The van der Waals surface area contributed by atoms with E-state index in [4.69, 9.17) is 0 Å². The summed E-state index contributed by atoms with van der Waals surface area (Å²) in [4.78, 5) is 16.9. The number of aryl methyl sites for hydroxylation is 1. The van der Waals surface area contributed by atoms with Gasteiger partial charge in [-0.25, -0.2) is 4.98 Å². The Morgan fingerprint density at radius 3 is 2.78 bits per heavy atom. The van der Waals surface area contributed by atoms with Crippen molar-refractivity contribution in [1.82, 2.24) is 4.98 Å². The molecule has 27 heavy (non-hydrogen) atoms. The lowest BCUT2D eigenvalue weighted by atomic mass is 10.2. The van der Waals surface area contributed by atoms with E-state index in [0.29, 0.717) is 0 Å². The van der Waals surface area contributed by atoms with E-state index in [1.54, 1.807) is 34.2 Å². The Labute approximate surface area is 160 Å². The normalized spacial score (nSPS) is 10.9. The number of amides is 1. The predicted octanol–water partition coefficient (Wildman–Crippen LogP) is 3.90. The molecule has 0 saturated carbocycles. The summed E-state index contributed by atoms with van der Waals surface area (Å²) >= 11 is 1.66. The fourth-order valence-electron chi connectivity index (χ4n) is 2.82. The van der Waals surface area contributed by atoms with E-state index < -0.39 is 0 Å². The Bertz CT molecular complexity index is 1120. The van der Waals surface area contributed by atoms with Gasteiger partial charge in [0.2, 0.25) is 12.7 Å². The number of aromatic nitrogens is 2. The van der Waals surface area contributed by atoms with Crippen molar-refractivity contribution >= 4 is 33.1 Å². The molecular weight excluding hydrogens is 358 g/mol. The van der Waals surface area contributed by atoms with Crippen molar-refractivity contribution in [2.24, 2.45) is 0 Å². The van der Waals surface area contributed by atoms with Crippen LogP contribution in [0.1, 0.15) is 5.56 Å². The second kappa shape index (κ2) is 7.17. The second-order valence-electron chi connectivity index (χ2n) is 6.35. The number of nitrogens with one attached hydrogen (secondary N) is 1. The molecule has 1 amide bonds. The van der Waals surface area contributed by atoms with Gasteiger partial charge < -0.3 is 10.4 Å². The van der Waals surface area contributed by atoms with Crippen LogP contribution in [0.25, 0.3) is 20.8 Å². The molecule has 0 aliphatic rings. The quantitative estimate of drug-likeness (QED) is 0.531. The maximum absolute atomic E-state index is 12.2. The Morgan fingerprint density at radius 1 is 1.19 bits per heavy atom. The lowest BCUT2D eigenvalue weighted by molar-refractivity contribution is -0.684. The minimum Gasteiger partial charge on any atom is -0.503 e. The van der Waals surface area contributed by atoms with Crippen molar-refractivity contribution in [3.63, 3.8) is 0 Å². The molecule has 4 rings (SSSR count). The Balaban J connectivity index is 1.47. The number of benzene rings is 2. The molecule has 4 aromatic rings. The van der Waals surface area contributed by atoms with Gasteiger partial charge in [-0.3, -0.25) is 4.79 Å². The van der Waals surface area contributed by atoms with E-state index in [1.165, 1.54) is 16.5 Å². The summed E-state index contributed by atoms with van der Waals surface area (Å²) in [6.45, 7) is 2.21. The fourth-order valence-corrected chi connectivity index (χ4v) is 3.89. The van der Waals surface area contributed by atoms with Crippen molar-refractivity contribution in [1.29, 1.82) is 0 Å². The van der Waals surface area contributed by atoms with E-state index in [-0.39, 0.29) is 18.2 Å². The number of thiazole rings is 1. The molecular formula is C21H18N3O2S+. The first kappa shape index (κ1) is 17.2. The average Bonchev–Trinajstić information content (AvgIpc) is 3.05. The highest BCUT2D eigenvalue weighted by atomic mass is 32.1. The van der Waals surface area contributed by atoms with Crippen LogP contribution in [-0.2, 0) is 11.3 Å². The molecule has 2 N–H and O–H groups in total. The molecule has 2 aromatic carbocycles. The lowest BCUT2D eigenvalue weighted by Gasteiger charge is -2.04. The third kappa shape index (κ3) is 3.96. The number of hydrogen-bond donors (Lipinski definition) is 2. The molecule has 2 aromatic heterocycles. The van der Waals surface area contributed by atoms with Gasteiger partial charge >= 0.3 is 0 Å². The number of carbonyl (C=O) groups is 1. The highest BCUT2D eigenvalue weighted by molar-refractivity contribution is 7.21. The van der Waals surface area contributed by atoms with Crippen LogP contribution in [0.5, 0.6) is 5.75 Å². The number of nitrogens with zero attached hydrogens (tertiary/aromatic N) is 2. The summed E-state index contributed by atoms with van der Waals surface area (Å²) in [5.41, 5.74) is 3.97. The van der Waals surface area contributed by atoms with Gasteiger partial charge in [0.1, 0.15) is 5.01 Å². The average molecular weight is 376 g/mol. The first-order valence-corrected chi connectivity index (χ1v) is 9.34. The molecule has 0 saturated heterocycles. The van der Waals surface area contributed by atoms with E-state index in [9.17, 15) is 9.90 Å². The minimum absolute atomic E-state index is 0.126. The number of carbonyl (C=O) groups excluding carboxylic acids is 1. The van der Waals surface area contributed by atoms with Crippen molar-refractivity contribution in [2.75, 3.05) is 5.32 Å². The van der Waals surface area contributed by atoms with Crippen LogP contribution in [0.3, 0.4) is 0 Å². The van der Waals surface area contributed by atoms with Crippen molar-refractivity contribution in [3.8, 4) is 16.3 Å². The van der Waals surface area contributed by atoms with Gasteiger partial charge in [0.25, 0.3) is 5.91 Å². The molecule has 0 fully saturated rings. The second-order valence-corrected chi connectivity index (χ2v) is 7.38. The number of fused-ring (bicyclic) bond motifs is 1. The summed E-state index contributed by atoms with van der Waals surface area (Å²) in [7, 11) is 0. The zero-order valence-electron chi connectivity index (χ0n) is 14.7. The van der Waals surface area contributed by atoms with Crippen LogP contribution in [0.2, 0.25) is 0 Å². The minimum atomic E-state index is -0.159. The SMILES string of the molecule is Cc1ccc2nc(-c3ccc(NC(=O)C[n+]4cccc(O)c4)cc3)sc2c1. The zero-order valence-corrected chi connectivity index (χ0v) is 15.5. The highest BCUT2D eigenvalue weighted by Crippen LogP contribution is 2.31. The highest BCUT2D eigenvalue weighted by Gasteiger charge is 2.11.